The lowest BCUT2D eigenvalue weighted by Gasteiger charge is -2.28. The molecule has 6 heteroatoms. The molecule has 2 aromatic carbocycles. The molecule has 1 aliphatic rings. The Morgan fingerprint density at radius 2 is 1.75 bits per heavy atom. The molecule has 0 bridgehead atoms. The first-order valence-electron chi connectivity index (χ1n) is 9.48. The summed E-state index contributed by atoms with van der Waals surface area (Å²) in [7, 11) is 0. The van der Waals surface area contributed by atoms with Crippen molar-refractivity contribution < 1.29 is 9.59 Å². The normalized spacial score (nSPS) is 12.6. The first kappa shape index (κ1) is 18.1. The van der Waals surface area contributed by atoms with Gasteiger partial charge in [-0.1, -0.05) is 61.5 Å². The fraction of sp³-hybridized carbons (Fsp3) is 0.273. The number of hydrogen-bond donors (Lipinski definition) is 1. The van der Waals surface area contributed by atoms with E-state index in [9.17, 15) is 9.59 Å². The number of aromatic amines is 1. The van der Waals surface area contributed by atoms with Crippen LogP contribution in [0.1, 0.15) is 32.3 Å². The van der Waals surface area contributed by atoms with Crippen LogP contribution in [0.2, 0.25) is 0 Å². The Morgan fingerprint density at radius 1 is 1.04 bits per heavy atom. The Kier molecular flexibility index (Phi) is 4.77. The van der Waals surface area contributed by atoms with Crippen LogP contribution in [0.15, 0.2) is 48.5 Å². The average Bonchev–Trinajstić information content (AvgIpc) is 3.18. The van der Waals surface area contributed by atoms with Crippen molar-refractivity contribution >= 4 is 17.4 Å². The Hall–Kier alpha value is -3.28. The molecular weight excluding hydrogens is 352 g/mol. The lowest BCUT2D eigenvalue weighted by Crippen LogP contribution is -2.32. The van der Waals surface area contributed by atoms with E-state index in [1.807, 2.05) is 62.4 Å². The third-order valence-corrected chi connectivity index (χ3v) is 5.14. The van der Waals surface area contributed by atoms with Gasteiger partial charge >= 0.3 is 0 Å². The number of para-hydroxylation sites is 1. The second-order valence-electron chi connectivity index (χ2n) is 7.31. The average molecular weight is 374 g/mol. The van der Waals surface area contributed by atoms with Gasteiger partial charge in [-0.15, -0.1) is 5.10 Å². The fourth-order valence-corrected chi connectivity index (χ4v) is 3.55. The van der Waals surface area contributed by atoms with E-state index >= 15 is 0 Å². The number of rotatable bonds is 4. The van der Waals surface area contributed by atoms with E-state index in [0.717, 1.165) is 33.8 Å². The van der Waals surface area contributed by atoms with Gasteiger partial charge in [-0.2, -0.15) is 0 Å². The first-order valence-corrected chi connectivity index (χ1v) is 9.48. The highest BCUT2D eigenvalue weighted by Gasteiger charge is 2.27. The maximum atomic E-state index is 13.1. The summed E-state index contributed by atoms with van der Waals surface area (Å²) in [4.78, 5) is 26.9. The standard InChI is InChI=1S/C22H22N4O2/c1-14(2)19(27)11-12-20(28)26-13-15-7-3-4-8-16(15)21-22(24-25-23-21)17-9-5-6-10-18(17)26/h3-10,14H,11-13H2,1-2H3,(H,23,24,25). The van der Waals surface area contributed by atoms with Crippen LogP contribution in [0.25, 0.3) is 22.5 Å². The molecule has 6 nitrogen and oxygen atoms in total. The molecule has 0 fully saturated rings. The molecule has 0 unspecified atom stereocenters. The van der Waals surface area contributed by atoms with Crippen molar-refractivity contribution in [1.29, 1.82) is 0 Å². The van der Waals surface area contributed by atoms with Crippen molar-refractivity contribution in [2.75, 3.05) is 4.90 Å². The van der Waals surface area contributed by atoms with Crippen LogP contribution >= 0.6 is 0 Å². The molecule has 142 valence electrons. The maximum Gasteiger partial charge on any atom is 0.227 e. The highest BCUT2D eigenvalue weighted by atomic mass is 16.2. The summed E-state index contributed by atoms with van der Waals surface area (Å²) in [6.45, 7) is 4.15. The quantitative estimate of drug-likeness (QED) is 0.749. The molecule has 1 amide bonds. The van der Waals surface area contributed by atoms with E-state index < -0.39 is 0 Å². The second-order valence-corrected chi connectivity index (χ2v) is 7.31. The zero-order valence-corrected chi connectivity index (χ0v) is 16.0. The zero-order chi connectivity index (χ0) is 19.7. The van der Waals surface area contributed by atoms with Crippen molar-refractivity contribution in [3.63, 3.8) is 0 Å². The highest BCUT2D eigenvalue weighted by molar-refractivity contribution is 6.01. The number of benzene rings is 2. The van der Waals surface area contributed by atoms with Crippen molar-refractivity contribution in [1.82, 2.24) is 15.4 Å². The van der Waals surface area contributed by atoms with Gasteiger partial charge in [-0.3, -0.25) is 14.7 Å². The van der Waals surface area contributed by atoms with Crippen LogP contribution in [0.3, 0.4) is 0 Å². The van der Waals surface area contributed by atoms with Crippen molar-refractivity contribution in [2.45, 2.75) is 33.2 Å². The van der Waals surface area contributed by atoms with Gasteiger partial charge in [0.25, 0.3) is 0 Å². The topological polar surface area (TPSA) is 79.0 Å². The summed E-state index contributed by atoms with van der Waals surface area (Å²) in [5, 5.41) is 11.3. The molecule has 3 aromatic rings. The number of fused-ring (bicyclic) bond motifs is 5. The van der Waals surface area contributed by atoms with E-state index in [0.29, 0.717) is 6.54 Å². The van der Waals surface area contributed by atoms with Gasteiger partial charge in [0.2, 0.25) is 5.91 Å². The number of carbonyl (C=O) groups is 2. The third-order valence-electron chi connectivity index (χ3n) is 5.14. The summed E-state index contributed by atoms with van der Waals surface area (Å²) < 4.78 is 0. The van der Waals surface area contributed by atoms with Gasteiger partial charge in [0.15, 0.2) is 0 Å². The summed E-state index contributed by atoms with van der Waals surface area (Å²) in [6, 6.07) is 15.6. The number of amides is 1. The Bertz CT molecular complexity index is 1040. The van der Waals surface area contributed by atoms with Crippen molar-refractivity contribution in [2.24, 2.45) is 5.92 Å². The summed E-state index contributed by atoms with van der Waals surface area (Å²) in [5.74, 6) is -0.0203. The molecular formula is C22H22N4O2. The van der Waals surface area contributed by atoms with Crippen LogP contribution in [-0.4, -0.2) is 27.1 Å². The third kappa shape index (κ3) is 3.22. The predicted octanol–water partition coefficient (Wildman–Crippen LogP) is 3.99. The van der Waals surface area contributed by atoms with Gasteiger partial charge in [-0.25, -0.2) is 0 Å². The molecule has 0 atom stereocenters. The highest BCUT2D eigenvalue weighted by Crippen LogP contribution is 2.39. The number of nitrogens with one attached hydrogen (secondary N) is 1. The molecule has 4 rings (SSSR count). The summed E-state index contributed by atoms with van der Waals surface area (Å²) in [6.07, 6.45) is 0.454. The molecule has 0 saturated carbocycles. The van der Waals surface area contributed by atoms with Crippen LogP contribution < -0.4 is 4.90 Å². The molecule has 1 aromatic heterocycles. The number of Topliss-reactive ketones (excluding diaryl/α,β-unsaturated/α-hetero) is 1. The predicted molar refractivity (Wildman–Crippen MR) is 108 cm³/mol. The van der Waals surface area contributed by atoms with Crippen LogP contribution in [0.5, 0.6) is 0 Å². The van der Waals surface area contributed by atoms with Crippen molar-refractivity contribution in [3.05, 3.63) is 54.1 Å². The van der Waals surface area contributed by atoms with Gasteiger partial charge < -0.3 is 4.90 Å². The van der Waals surface area contributed by atoms with E-state index in [2.05, 4.69) is 15.4 Å². The number of ketones is 1. The lowest BCUT2D eigenvalue weighted by molar-refractivity contribution is -0.125. The van der Waals surface area contributed by atoms with E-state index in [1.54, 1.807) is 4.90 Å². The van der Waals surface area contributed by atoms with Crippen molar-refractivity contribution in [3.8, 4) is 22.5 Å². The monoisotopic (exact) mass is 374 g/mol. The fourth-order valence-electron chi connectivity index (χ4n) is 3.55. The molecule has 0 spiro atoms. The van der Waals surface area contributed by atoms with Crippen LogP contribution in [0.4, 0.5) is 5.69 Å². The largest absolute Gasteiger partial charge is 0.307 e. The molecule has 2 heterocycles. The van der Waals surface area contributed by atoms with E-state index in [4.69, 9.17) is 0 Å². The maximum absolute atomic E-state index is 13.1. The van der Waals surface area contributed by atoms with Crippen LogP contribution in [-0.2, 0) is 16.1 Å². The van der Waals surface area contributed by atoms with Gasteiger partial charge in [0.1, 0.15) is 11.5 Å². The number of H-pyrrole nitrogens is 1. The minimum Gasteiger partial charge on any atom is -0.307 e. The van der Waals surface area contributed by atoms with Crippen LogP contribution in [0, 0.1) is 5.92 Å². The molecule has 0 aliphatic carbocycles. The minimum absolute atomic E-state index is 0.0628. The Balaban J connectivity index is 1.79. The minimum atomic E-state index is -0.0632. The smallest absolute Gasteiger partial charge is 0.227 e. The molecule has 1 aliphatic heterocycles. The SMILES string of the molecule is CC(C)C(=O)CCC(=O)N1Cc2ccccc2-c2nn[nH]c2-c2ccccc21. The zero-order valence-electron chi connectivity index (χ0n) is 16.0. The molecule has 1 N–H and O–H groups in total. The molecule has 0 radical (unpaired) electrons. The van der Waals surface area contributed by atoms with Gasteiger partial charge in [0, 0.05) is 29.9 Å². The summed E-state index contributed by atoms with van der Waals surface area (Å²) in [5.41, 5.74) is 5.20. The molecule has 28 heavy (non-hydrogen) atoms. The number of anilines is 1. The number of hydrogen-bond acceptors (Lipinski definition) is 4. The Labute approximate surface area is 163 Å². The molecule has 0 saturated heterocycles. The van der Waals surface area contributed by atoms with Gasteiger partial charge in [0.05, 0.1) is 17.9 Å². The lowest BCUT2D eigenvalue weighted by atomic mass is 9.95. The summed E-state index contributed by atoms with van der Waals surface area (Å²) >= 11 is 0. The van der Waals surface area contributed by atoms with E-state index in [1.165, 1.54) is 0 Å². The number of carbonyl (C=O) groups excluding carboxylic acids is 2. The first-order chi connectivity index (χ1) is 13.6. The van der Waals surface area contributed by atoms with Gasteiger partial charge in [-0.05, 0) is 11.6 Å². The number of aromatic nitrogens is 3. The van der Waals surface area contributed by atoms with E-state index in [-0.39, 0.29) is 30.4 Å². The second kappa shape index (κ2) is 7.38. The Morgan fingerprint density at radius 3 is 2.54 bits per heavy atom. The number of nitrogens with zero attached hydrogens (tertiary/aromatic N) is 3.